The maximum Gasteiger partial charge on any atom is 0.338 e. The molecule has 36 nitrogen and oxygen atoms in total. The van der Waals surface area contributed by atoms with Gasteiger partial charge in [-0.3, -0.25) is 0 Å². The van der Waals surface area contributed by atoms with Crippen LogP contribution in [0.3, 0.4) is 0 Å². The summed E-state index contributed by atoms with van der Waals surface area (Å²) in [5.41, 5.74) is 8.81. The molecule has 12 aliphatic heterocycles. The average molecular weight is 1800 g/mol. The summed E-state index contributed by atoms with van der Waals surface area (Å²) in [5, 5.41) is 0. The summed E-state index contributed by atoms with van der Waals surface area (Å²) < 4.78 is 121. The largest absolute Gasteiger partial charge is 0.459 e. The predicted octanol–water partition coefficient (Wildman–Crippen LogP) is 7.63. The Morgan fingerprint density at radius 3 is 0.620 bits per heavy atom. The molecule has 690 valence electrons. The van der Waals surface area contributed by atoms with Gasteiger partial charge in [0.2, 0.25) is 0 Å². The molecule has 12 unspecified atom stereocenters. The van der Waals surface area contributed by atoms with Crippen LogP contribution in [-0.4, -0.2) is 303 Å². The van der Waals surface area contributed by atoms with Crippen LogP contribution in [0.25, 0.3) is 0 Å². The van der Waals surface area contributed by atoms with Gasteiger partial charge in [0.15, 0.2) is 0 Å². The Labute approximate surface area is 741 Å². The lowest BCUT2D eigenvalue weighted by Crippen LogP contribution is -2.18. The van der Waals surface area contributed by atoms with Crippen LogP contribution < -0.4 is 0 Å². The molecule has 0 aromatic heterocycles. The quantitative estimate of drug-likeness (QED) is 0.0207. The van der Waals surface area contributed by atoms with Crippen molar-refractivity contribution >= 4 is 71.6 Å². The predicted molar refractivity (Wildman–Crippen MR) is 441 cm³/mol. The van der Waals surface area contributed by atoms with Gasteiger partial charge < -0.3 is 114 Å². The highest BCUT2D eigenvalue weighted by atomic mass is 16.7. The zero-order chi connectivity index (χ0) is 91.4. The SMILES string of the molecule is CC(C)(C)c1cc(C(=O)OCC2CO2)cc(C(=O)OCC2CO2)c1.Cc1cc(C(=O)OCC2CO2)c(C)cc1C(=O)OCC1CO1.Cc1cc(C(=O)OCC2CO2)cc(C(=O)OCC2CO2)c1.Cc1cc(C)c(C(=O)OCC2CO2)cc1C(=O)OCC1CO1.O=C(OCC1CO1)c1ccc(C(=O)OCC2CO2)cc1.O=C(OCC1CO1)c1cccc(C(=O)OCC2CO2)c1. The molecular weight excluding hydrogens is 1690 g/mol. The van der Waals surface area contributed by atoms with Gasteiger partial charge in [-0.25, -0.2) is 57.5 Å². The van der Waals surface area contributed by atoms with Crippen molar-refractivity contribution in [2.45, 2.75) is 134 Å². The highest BCUT2D eigenvalue weighted by Gasteiger charge is 2.35. The summed E-state index contributed by atoms with van der Waals surface area (Å²) in [5.74, 6) is -5.35. The average Bonchev–Trinajstić information content (AvgIpc) is 1.02. The van der Waals surface area contributed by atoms with E-state index in [1.165, 1.54) is 24.3 Å². The first-order valence-electron chi connectivity index (χ1n) is 42.1. The minimum absolute atomic E-state index is 0.00252. The van der Waals surface area contributed by atoms with Gasteiger partial charge in [-0.05, 0) is 170 Å². The molecular formula is C93H102O36. The molecule has 12 saturated heterocycles. The van der Waals surface area contributed by atoms with Gasteiger partial charge in [0, 0.05) is 0 Å². The second-order valence-electron chi connectivity index (χ2n) is 32.9. The van der Waals surface area contributed by atoms with Gasteiger partial charge in [-0.15, -0.1) is 0 Å². The zero-order valence-corrected chi connectivity index (χ0v) is 72.5. The molecule has 0 saturated carbocycles. The first-order valence-corrected chi connectivity index (χ1v) is 42.1. The molecule has 6 aromatic rings. The lowest BCUT2D eigenvalue weighted by Gasteiger charge is -2.20. The van der Waals surface area contributed by atoms with E-state index in [-0.39, 0.29) is 158 Å². The molecule has 12 fully saturated rings. The van der Waals surface area contributed by atoms with Crippen molar-refractivity contribution in [3.8, 4) is 0 Å². The van der Waals surface area contributed by atoms with E-state index in [1.807, 2.05) is 41.5 Å². The number of epoxide rings is 12. The molecule has 0 N–H and O–H groups in total. The minimum atomic E-state index is -0.472. The van der Waals surface area contributed by atoms with E-state index in [0.29, 0.717) is 157 Å². The van der Waals surface area contributed by atoms with E-state index in [1.54, 1.807) is 98.8 Å². The topological polar surface area (TPSA) is 466 Å². The van der Waals surface area contributed by atoms with Crippen LogP contribution in [0.15, 0.2) is 109 Å². The van der Waals surface area contributed by atoms with E-state index in [4.69, 9.17) is 114 Å². The maximum atomic E-state index is 12.3. The van der Waals surface area contributed by atoms with E-state index in [0.717, 1.165) is 22.3 Å². The second-order valence-corrected chi connectivity index (χ2v) is 32.9. The van der Waals surface area contributed by atoms with Crippen molar-refractivity contribution in [1.82, 2.24) is 0 Å². The summed E-state index contributed by atoms with van der Waals surface area (Å²) >= 11 is 0. The zero-order valence-electron chi connectivity index (χ0n) is 72.5. The Hall–Kier alpha value is -11.5. The number of hydrogen-bond acceptors (Lipinski definition) is 36. The highest BCUT2D eigenvalue weighted by Crippen LogP contribution is 2.29. The standard InChI is InChI=1S/C18H22O6.2C16H18O6.C15H16O6.2C14H14O6/c1-18(2,3)13-5-11(16(19)23-9-14-7-21-14)4-12(6-13)17(20)24-10-15-8-22-15;1-9-3-14(16(18)22-8-12-6-20-12)10(2)4-13(9)15(17)21-7-11-5-19-11;1-9-3-10(2)14(16(18)22-8-12-6-20-12)4-13(9)15(17)21-7-11-5-19-11;1-9-2-10(14(16)20-7-12-5-18-12)4-11(3-9)15(17)21-8-13-6-19-13;15-13(19-7-11-5-17-11)9-1-2-10(4-3-9)14(16)20-8-12-6-18-12;15-13(19-7-11-5-17-11)9-2-1-3-10(4-9)14(16)20-8-12-6-18-12/h4-6,14-15H,7-10H2,1-3H3;2*3-4,11-12H,5-8H2,1-2H3;2-4,12-13H,5-8H2,1H3;2*1-4,11-12H,5-8H2. The van der Waals surface area contributed by atoms with E-state index in [9.17, 15) is 57.5 Å². The van der Waals surface area contributed by atoms with Gasteiger partial charge in [0.1, 0.15) is 153 Å². The number of esters is 12. The molecule has 0 aliphatic carbocycles. The van der Waals surface area contributed by atoms with E-state index in [2.05, 4.69) is 0 Å². The van der Waals surface area contributed by atoms with Gasteiger partial charge in [0.25, 0.3) is 0 Å². The first kappa shape index (κ1) is 95.1. The molecule has 0 bridgehead atoms. The van der Waals surface area contributed by atoms with Gasteiger partial charge >= 0.3 is 71.6 Å². The van der Waals surface area contributed by atoms with Crippen molar-refractivity contribution in [2.24, 2.45) is 0 Å². The maximum absolute atomic E-state index is 12.3. The second kappa shape index (κ2) is 44.7. The fourth-order valence-electron chi connectivity index (χ4n) is 11.4. The Bertz CT molecular complexity index is 4740. The molecule has 12 heterocycles. The number of benzene rings is 6. The summed E-state index contributed by atoms with van der Waals surface area (Å²) in [6, 6.07) is 29.0. The number of ether oxygens (including phenoxy) is 24. The van der Waals surface area contributed by atoms with Crippen molar-refractivity contribution in [2.75, 3.05) is 159 Å². The third-order valence-corrected chi connectivity index (χ3v) is 20.2. The molecule has 12 aliphatic rings. The summed E-state index contributed by atoms with van der Waals surface area (Å²) in [4.78, 5) is 144. The molecule has 12 atom stereocenters. The van der Waals surface area contributed by atoms with Gasteiger partial charge in [0.05, 0.1) is 146 Å². The van der Waals surface area contributed by atoms with Crippen molar-refractivity contribution < 1.29 is 171 Å². The molecule has 6 aromatic carbocycles. The van der Waals surface area contributed by atoms with E-state index < -0.39 is 71.6 Å². The highest BCUT2D eigenvalue weighted by molar-refractivity contribution is 6.00. The molecule has 36 heteroatoms. The molecule has 0 spiro atoms. The van der Waals surface area contributed by atoms with Crippen LogP contribution in [0.2, 0.25) is 0 Å². The van der Waals surface area contributed by atoms with Crippen molar-refractivity contribution in [3.05, 3.63) is 209 Å². The fourth-order valence-corrected chi connectivity index (χ4v) is 11.4. The minimum Gasteiger partial charge on any atom is -0.459 e. The third kappa shape index (κ3) is 33.2. The summed E-state index contributed by atoms with van der Waals surface area (Å²) in [7, 11) is 0. The first-order chi connectivity index (χ1) is 62.0. The number of carbonyl (C=O) groups is 12. The van der Waals surface area contributed by atoms with Gasteiger partial charge in [-0.1, -0.05) is 32.9 Å². The van der Waals surface area contributed by atoms with Crippen LogP contribution in [0.5, 0.6) is 0 Å². The monoisotopic (exact) mass is 1790 g/mol. The Morgan fingerprint density at radius 2 is 0.403 bits per heavy atom. The lowest BCUT2D eigenvalue weighted by molar-refractivity contribution is 0.0457. The smallest absolute Gasteiger partial charge is 0.338 e. The van der Waals surface area contributed by atoms with Crippen LogP contribution in [-0.2, 0) is 119 Å². The fraction of sp³-hybridized carbons (Fsp3) is 0.484. The number of carbonyl (C=O) groups excluding carboxylic acids is 12. The third-order valence-electron chi connectivity index (χ3n) is 20.2. The Kier molecular flexibility index (Phi) is 32.9. The van der Waals surface area contributed by atoms with Gasteiger partial charge in [-0.2, -0.15) is 0 Å². The van der Waals surface area contributed by atoms with Crippen LogP contribution in [0.4, 0.5) is 0 Å². The summed E-state index contributed by atoms with van der Waals surface area (Å²) in [6.45, 7) is 25.6. The number of rotatable bonds is 36. The number of hydrogen-bond donors (Lipinski definition) is 0. The molecule has 0 amide bonds. The van der Waals surface area contributed by atoms with Crippen molar-refractivity contribution in [1.29, 1.82) is 0 Å². The van der Waals surface area contributed by atoms with Crippen LogP contribution in [0, 0.1) is 34.6 Å². The number of aryl methyl sites for hydroxylation is 5. The molecule has 18 rings (SSSR count). The molecule has 0 radical (unpaired) electrons. The summed E-state index contributed by atoms with van der Waals surface area (Å²) in [6.07, 6.45) is 0.241. The Balaban J connectivity index is 0.000000132. The van der Waals surface area contributed by atoms with Crippen LogP contribution in [0.1, 0.15) is 178 Å². The molecule has 129 heavy (non-hydrogen) atoms. The van der Waals surface area contributed by atoms with Crippen molar-refractivity contribution in [3.63, 3.8) is 0 Å². The Morgan fingerprint density at radius 1 is 0.225 bits per heavy atom. The normalized spacial score (nSPS) is 22.4. The van der Waals surface area contributed by atoms with Crippen LogP contribution >= 0.6 is 0 Å². The lowest BCUT2D eigenvalue weighted by atomic mass is 9.85. The van der Waals surface area contributed by atoms with E-state index >= 15 is 0 Å².